The van der Waals surface area contributed by atoms with Gasteiger partial charge in [0.1, 0.15) is 5.51 Å². The van der Waals surface area contributed by atoms with Crippen molar-refractivity contribution in [1.82, 2.24) is 10.2 Å². The van der Waals surface area contributed by atoms with Gasteiger partial charge in [0.05, 0.1) is 5.02 Å². The Morgan fingerprint density at radius 3 is 2.84 bits per heavy atom. The first-order valence-corrected chi connectivity index (χ1v) is 7.68. The molecule has 1 heterocycles. The van der Waals surface area contributed by atoms with Crippen molar-refractivity contribution < 1.29 is 4.79 Å². The van der Waals surface area contributed by atoms with Gasteiger partial charge in [0.2, 0.25) is 5.91 Å². The quantitative estimate of drug-likeness (QED) is 0.929. The maximum Gasteiger partial charge on any atom is 0.226 e. The number of nitrogens with zero attached hydrogens (tertiary/aromatic N) is 2. The summed E-state index contributed by atoms with van der Waals surface area (Å²) >= 11 is 9.11. The normalized spacial score (nSPS) is 10.7. The van der Waals surface area contributed by atoms with E-state index in [1.165, 1.54) is 23.1 Å². The summed E-state index contributed by atoms with van der Waals surface area (Å²) in [5.74, 6) is -0.0881. The van der Waals surface area contributed by atoms with Crippen LogP contribution in [0.1, 0.15) is 13.8 Å². The summed E-state index contributed by atoms with van der Waals surface area (Å²) < 4.78 is 0.834. The van der Waals surface area contributed by atoms with Crippen LogP contribution in [-0.2, 0) is 4.79 Å². The molecule has 100 valence electrons. The van der Waals surface area contributed by atoms with Gasteiger partial charge in [-0.3, -0.25) is 4.79 Å². The molecule has 0 saturated carbocycles. The predicted molar refractivity (Wildman–Crippen MR) is 79.0 cm³/mol. The highest BCUT2D eigenvalue weighted by molar-refractivity contribution is 8.01. The molecule has 7 heteroatoms. The van der Waals surface area contributed by atoms with E-state index in [2.05, 4.69) is 15.5 Å². The van der Waals surface area contributed by atoms with Crippen molar-refractivity contribution in [2.45, 2.75) is 23.1 Å². The summed E-state index contributed by atoms with van der Waals surface area (Å²) in [5, 5.41) is 11.1. The van der Waals surface area contributed by atoms with Crippen molar-refractivity contribution in [2.24, 2.45) is 5.92 Å². The van der Waals surface area contributed by atoms with E-state index in [4.69, 9.17) is 11.6 Å². The fourth-order valence-electron chi connectivity index (χ4n) is 1.25. The Morgan fingerprint density at radius 2 is 2.26 bits per heavy atom. The van der Waals surface area contributed by atoms with Crippen LogP contribution in [0.3, 0.4) is 0 Å². The molecule has 1 aromatic carbocycles. The fourth-order valence-corrected chi connectivity index (χ4v) is 2.98. The number of hydrogen-bond donors (Lipinski definition) is 1. The minimum atomic E-state index is -0.0609. The van der Waals surface area contributed by atoms with Crippen LogP contribution < -0.4 is 5.32 Å². The van der Waals surface area contributed by atoms with Gasteiger partial charge >= 0.3 is 0 Å². The van der Waals surface area contributed by atoms with Crippen LogP contribution in [0.5, 0.6) is 0 Å². The van der Waals surface area contributed by atoms with E-state index in [-0.39, 0.29) is 11.8 Å². The first-order chi connectivity index (χ1) is 9.06. The Hall–Kier alpha value is -1.11. The first kappa shape index (κ1) is 14.3. The number of carbonyl (C=O) groups is 1. The van der Waals surface area contributed by atoms with Gasteiger partial charge in [-0.1, -0.05) is 48.5 Å². The van der Waals surface area contributed by atoms with E-state index in [1.54, 1.807) is 11.6 Å². The second-order valence-electron chi connectivity index (χ2n) is 4.10. The van der Waals surface area contributed by atoms with Gasteiger partial charge in [-0.15, -0.1) is 10.2 Å². The molecular weight excluding hydrogens is 302 g/mol. The van der Waals surface area contributed by atoms with E-state index < -0.39 is 0 Å². The Bertz CT molecular complexity index is 572. The van der Waals surface area contributed by atoms with Gasteiger partial charge in [-0.25, -0.2) is 0 Å². The fraction of sp³-hybridized carbons (Fsp3) is 0.250. The number of aromatic nitrogens is 2. The largest absolute Gasteiger partial charge is 0.326 e. The Labute approximate surface area is 124 Å². The number of halogens is 1. The molecule has 0 aliphatic heterocycles. The third-order valence-electron chi connectivity index (χ3n) is 2.26. The van der Waals surface area contributed by atoms with Crippen molar-refractivity contribution in [3.05, 3.63) is 28.7 Å². The van der Waals surface area contributed by atoms with Crippen LogP contribution >= 0.6 is 34.7 Å². The van der Waals surface area contributed by atoms with Crippen molar-refractivity contribution in [2.75, 3.05) is 5.32 Å². The molecule has 1 N–H and O–H groups in total. The molecule has 2 rings (SSSR count). The number of amides is 1. The van der Waals surface area contributed by atoms with Gasteiger partial charge in [0.15, 0.2) is 4.34 Å². The molecule has 0 aliphatic carbocycles. The lowest BCUT2D eigenvalue weighted by Crippen LogP contribution is -2.17. The van der Waals surface area contributed by atoms with Gasteiger partial charge < -0.3 is 5.32 Å². The molecule has 4 nitrogen and oxygen atoms in total. The lowest BCUT2D eigenvalue weighted by Gasteiger charge is -2.09. The van der Waals surface area contributed by atoms with Gasteiger partial charge in [0.25, 0.3) is 0 Å². The van der Waals surface area contributed by atoms with E-state index in [0.717, 1.165) is 9.24 Å². The monoisotopic (exact) mass is 313 g/mol. The minimum Gasteiger partial charge on any atom is -0.326 e. The highest BCUT2D eigenvalue weighted by Crippen LogP contribution is 2.35. The second kappa shape index (κ2) is 6.36. The zero-order valence-corrected chi connectivity index (χ0v) is 12.8. The van der Waals surface area contributed by atoms with Crippen molar-refractivity contribution in [3.63, 3.8) is 0 Å². The molecule has 0 aliphatic rings. The lowest BCUT2D eigenvalue weighted by molar-refractivity contribution is -0.118. The molecule has 0 saturated heterocycles. The van der Waals surface area contributed by atoms with E-state index in [0.29, 0.717) is 10.7 Å². The SMILES string of the molecule is CC(C)C(=O)Nc1ccc(Sc2nncs2)c(Cl)c1. The number of carbonyl (C=O) groups excluding carboxylic acids is 1. The summed E-state index contributed by atoms with van der Waals surface area (Å²) in [6.07, 6.45) is 0. The molecule has 0 radical (unpaired) electrons. The number of nitrogens with one attached hydrogen (secondary N) is 1. The van der Waals surface area contributed by atoms with Gasteiger partial charge in [0, 0.05) is 16.5 Å². The molecule has 0 unspecified atom stereocenters. The van der Waals surface area contributed by atoms with Crippen LogP contribution in [0, 0.1) is 5.92 Å². The molecule has 0 spiro atoms. The summed E-state index contributed by atoms with van der Waals surface area (Å²) in [5.41, 5.74) is 2.37. The first-order valence-electron chi connectivity index (χ1n) is 5.60. The lowest BCUT2D eigenvalue weighted by atomic mass is 10.2. The predicted octanol–water partition coefficient (Wildman–Crippen LogP) is 3.94. The maximum absolute atomic E-state index is 11.6. The third kappa shape index (κ3) is 3.92. The molecule has 19 heavy (non-hydrogen) atoms. The maximum atomic E-state index is 11.6. The Kier molecular flexibility index (Phi) is 4.79. The topological polar surface area (TPSA) is 54.9 Å². The Morgan fingerprint density at radius 1 is 1.47 bits per heavy atom. The van der Waals surface area contributed by atoms with E-state index >= 15 is 0 Å². The van der Waals surface area contributed by atoms with E-state index in [1.807, 2.05) is 26.0 Å². The number of hydrogen-bond acceptors (Lipinski definition) is 5. The average Bonchev–Trinajstić information content (AvgIpc) is 2.85. The smallest absolute Gasteiger partial charge is 0.226 e. The third-order valence-corrected chi connectivity index (χ3v) is 4.54. The van der Waals surface area contributed by atoms with Crippen LogP contribution in [-0.4, -0.2) is 16.1 Å². The van der Waals surface area contributed by atoms with Crippen molar-refractivity contribution in [1.29, 1.82) is 0 Å². The number of rotatable bonds is 4. The highest BCUT2D eigenvalue weighted by atomic mass is 35.5. The van der Waals surface area contributed by atoms with E-state index in [9.17, 15) is 4.79 Å². The molecule has 0 bridgehead atoms. The van der Waals surface area contributed by atoms with Gasteiger partial charge in [-0.2, -0.15) is 0 Å². The molecule has 1 aromatic heterocycles. The van der Waals surface area contributed by atoms with Crippen LogP contribution in [0.2, 0.25) is 5.02 Å². The summed E-state index contributed by atoms with van der Waals surface area (Å²) in [6, 6.07) is 5.44. The number of benzene rings is 1. The molecule has 0 fully saturated rings. The van der Waals surface area contributed by atoms with Crippen LogP contribution in [0.15, 0.2) is 32.9 Å². The van der Waals surface area contributed by atoms with Crippen LogP contribution in [0.25, 0.3) is 0 Å². The highest BCUT2D eigenvalue weighted by Gasteiger charge is 2.10. The van der Waals surface area contributed by atoms with Crippen molar-refractivity contribution >= 4 is 46.3 Å². The van der Waals surface area contributed by atoms with Gasteiger partial charge in [-0.05, 0) is 18.2 Å². The molecular formula is C12H12ClN3OS2. The molecule has 2 aromatic rings. The Balaban J connectivity index is 2.11. The minimum absolute atomic E-state index is 0.0272. The summed E-state index contributed by atoms with van der Waals surface area (Å²) in [4.78, 5) is 12.5. The van der Waals surface area contributed by atoms with Crippen molar-refractivity contribution in [3.8, 4) is 0 Å². The zero-order valence-electron chi connectivity index (χ0n) is 10.4. The standard InChI is InChI=1S/C12H12ClN3OS2/c1-7(2)11(17)15-8-3-4-10(9(13)5-8)19-12-16-14-6-18-12/h3-7H,1-2H3,(H,15,17). The average molecular weight is 314 g/mol. The zero-order chi connectivity index (χ0) is 13.8. The van der Waals surface area contributed by atoms with Crippen LogP contribution in [0.4, 0.5) is 5.69 Å². The second-order valence-corrected chi connectivity index (χ2v) is 6.63. The molecule has 0 atom stereocenters. The summed E-state index contributed by atoms with van der Waals surface area (Å²) in [7, 11) is 0. The summed E-state index contributed by atoms with van der Waals surface area (Å²) in [6.45, 7) is 3.69. The number of anilines is 1. The molecule has 1 amide bonds.